The third-order valence-corrected chi connectivity index (χ3v) is 3.26. The van der Waals surface area contributed by atoms with Crippen LogP contribution in [-0.2, 0) is 6.42 Å². The number of carbonyl (C=O) groups excluding carboxylic acids is 1. The Bertz CT molecular complexity index is 709. The van der Waals surface area contributed by atoms with Crippen LogP contribution in [0.5, 0.6) is 11.5 Å². The summed E-state index contributed by atoms with van der Waals surface area (Å²) in [6.45, 7) is -2.75. The quantitative estimate of drug-likeness (QED) is 0.795. The first-order valence-electron chi connectivity index (χ1n) is 7.40. The molecule has 0 aliphatic heterocycles. The summed E-state index contributed by atoms with van der Waals surface area (Å²) in [5.74, 6) is -0.826. The number of alkyl halides is 2. The van der Waals surface area contributed by atoms with Gasteiger partial charge in [-0.25, -0.2) is 9.18 Å². The topological polar surface area (TPSA) is 59.6 Å². The minimum Gasteiger partial charge on any atom is -0.497 e. The maximum absolute atomic E-state index is 13.6. The Kier molecular flexibility index (Phi) is 6.50. The monoisotopic (exact) mass is 354 g/mol. The summed E-state index contributed by atoms with van der Waals surface area (Å²) >= 11 is 0. The molecule has 0 unspecified atom stereocenters. The lowest BCUT2D eigenvalue weighted by atomic mass is 10.1. The van der Waals surface area contributed by atoms with Crippen molar-refractivity contribution in [3.8, 4) is 11.5 Å². The standard InChI is InChI=1S/C17H17F3N2O3/c1-24-13-5-2-11(3-6-13)8-9-21-17(23)22-12-4-7-15(14(18)10-12)25-16(19)20/h2-7,10,16H,8-9H2,1H3,(H2,21,22,23). The molecule has 0 bridgehead atoms. The van der Waals surface area contributed by atoms with Crippen LogP contribution in [0.1, 0.15) is 5.56 Å². The van der Waals surface area contributed by atoms with Gasteiger partial charge >= 0.3 is 12.6 Å². The molecule has 0 aliphatic carbocycles. The van der Waals surface area contributed by atoms with Gasteiger partial charge in [-0.1, -0.05) is 12.1 Å². The number of benzene rings is 2. The van der Waals surface area contributed by atoms with E-state index in [9.17, 15) is 18.0 Å². The highest BCUT2D eigenvalue weighted by Gasteiger charge is 2.11. The number of carbonyl (C=O) groups is 1. The zero-order valence-electron chi connectivity index (χ0n) is 13.4. The van der Waals surface area contributed by atoms with Crippen molar-refractivity contribution in [1.82, 2.24) is 5.32 Å². The van der Waals surface area contributed by atoms with E-state index in [4.69, 9.17) is 4.74 Å². The third-order valence-electron chi connectivity index (χ3n) is 3.26. The second-order valence-corrected chi connectivity index (χ2v) is 5.00. The van der Waals surface area contributed by atoms with Crippen LogP contribution in [0, 0.1) is 5.82 Å². The summed E-state index contributed by atoms with van der Waals surface area (Å²) in [5, 5.41) is 5.03. The van der Waals surface area contributed by atoms with Crippen molar-refractivity contribution in [3.63, 3.8) is 0 Å². The molecule has 0 radical (unpaired) electrons. The molecular formula is C17H17F3N2O3. The summed E-state index contributed by atoms with van der Waals surface area (Å²) in [4.78, 5) is 11.8. The van der Waals surface area contributed by atoms with Crippen LogP contribution in [0.4, 0.5) is 23.7 Å². The lowest BCUT2D eigenvalue weighted by molar-refractivity contribution is -0.0521. The van der Waals surface area contributed by atoms with E-state index in [1.807, 2.05) is 24.3 Å². The van der Waals surface area contributed by atoms with Gasteiger partial charge in [0, 0.05) is 18.3 Å². The van der Waals surface area contributed by atoms with E-state index in [1.54, 1.807) is 7.11 Å². The number of amides is 2. The van der Waals surface area contributed by atoms with Gasteiger partial charge in [0.2, 0.25) is 0 Å². The number of methoxy groups -OCH3 is 1. The summed E-state index contributed by atoms with van der Waals surface area (Å²) in [5.41, 5.74) is 1.14. The van der Waals surface area contributed by atoms with Gasteiger partial charge < -0.3 is 20.1 Å². The molecule has 8 heteroatoms. The van der Waals surface area contributed by atoms with Crippen LogP contribution in [0.3, 0.4) is 0 Å². The summed E-state index contributed by atoms with van der Waals surface area (Å²) in [6.07, 6.45) is 0.604. The first-order valence-corrected chi connectivity index (χ1v) is 7.40. The van der Waals surface area contributed by atoms with Gasteiger partial charge in [0.15, 0.2) is 11.6 Å². The number of ether oxygens (including phenoxy) is 2. The molecule has 2 aromatic rings. The SMILES string of the molecule is COc1ccc(CCNC(=O)Nc2ccc(OC(F)F)c(F)c2)cc1. The van der Waals surface area contributed by atoms with E-state index in [1.165, 1.54) is 6.07 Å². The van der Waals surface area contributed by atoms with Crippen LogP contribution >= 0.6 is 0 Å². The molecule has 5 nitrogen and oxygen atoms in total. The number of hydrogen-bond donors (Lipinski definition) is 2. The molecule has 0 fully saturated rings. The van der Waals surface area contributed by atoms with Gasteiger partial charge in [0.1, 0.15) is 5.75 Å². The molecule has 0 aliphatic rings. The highest BCUT2D eigenvalue weighted by Crippen LogP contribution is 2.22. The summed E-state index contributed by atoms with van der Waals surface area (Å²) in [7, 11) is 1.58. The smallest absolute Gasteiger partial charge is 0.387 e. The predicted molar refractivity (Wildman–Crippen MR) is 86.8 cm³/mol. The summed E-state index contributed by atoms with van der Waals surface area (Å²) in [6, 6.07) is 10.1. The highest BCUT2D eigenvalue weighted by molar-refractivity contribution is 5.89. The molecule has 0 saturated heterocycles. The van der Waals surface area contributed by atoms with E-state index in [0.717, 1.165) is 23.4 Å². The largest absolute Gasteiger partial charge is 0.497 e. The van der Waals surface area contributed by atoms with Crippen LogP contribution in [0.25, 0.3) is 0 Å². The Balaban J connectivity index is 1.80. The normalized spacial score (nSPS) is 10.4. The highest BCUT2D eigenvalue weighted by atomic mass is 19.3. The number of halogens is 3. The van der Waals surface area contributed by atoms with Gasteiger partial charge in [-0.2, -0.15) is 8.78 Å². The maximum atomic E-state index is 13.6. The van der Waals surface area contributed by atoms with Crippen LogP contribution in [0.15, 0.2) is 42.5 Å². The number of rotatable bonds is 7. The zero-order valence-corrected chi connectivity index (χ0v) is 13.4. The van der Waals surface area contributed by atoms with Gasteiger partial charge in [-0.3, -0.25) is 0 Å². The lowest BCUT2D eigenvalue weighted by Gasteiger charge is -2.10. The molecule has 0 aromatic heterocycles. The van der Waals surface area contributed by atoms with E-state index in [2.05, 4.69) is 15.4 Å². The van der Waals surface area contributed by atoms with E-state index >= 15 is 0 Å². The van der Waals surface area contributed by atoms with Crippen LogP contribution in [0.2, 0.25) is 0 Å². The Hall–Kier alpha value is -2.90. The molecule has 0 atom stereocenters. The van der Waals surface area contributed by atoms with Gasteiger partial charge in [0.05, 0.1) is 7.11 Å². The Morgan fingerprint density at radius 3 is 2.48 bits per heavy atom. The Morgan fingerprint density at radius 1 is 1.16 bits per heavy atom. The third kappa shape index (κ3) is 5.91. The molecular weight excluding hydrogens is 337 g/mol. The van der Waals surface area contributed by atoms with Gasteiger partial charge in [-0.15, -0.1) is 0 Å². The zero-order chi connectivity index (χ0) is 18.2. The average Bonchev–Trinajstić information content (AvgIpc) is 2.57. The van der Waals surface area contributed by atoms with Crippen LogP contribution in [-0.4, -0.2) is 26.3 Å². The molecule has 134 valence electrons. The molecule has 0 saturated carbocycles. The average molecular weight is 354 g/mol. The molecule has 2 rings (SSSR count). The lowest BCUT2D eigenvalue weighted by Crippen LogP contribution is -2.30. The number of nitrogens with one attached hydrogen (secondary N) is 2. The molecule has 25 heavy (non-hydrogen) atoms. The molecule has 0 spiro atoms. The minimum atomic E-state index is -3.12. The number of anilines is 1. The molecule has 2 N–H and O–H groups in total. The fourth-order valence-corrected chi connectivity index (χ4v) is 2.06. The second kappa shape index (κ2) is 8.81. The minimum absolute atomic E-state index is 0.126. The first kappa shape index (κ1) is 18.4. The van der Waals surface area contributed by atoms with E-state index in [-0.39, 0.29) is 5.69 Å². The van der Waals surface area contributed by atoms with E-state index < -0.39 is 24.2 Å². The van der Waals surface area contributed by atoms with Crippen molar-refractivity contribution in [2.45, 2.75) is 13.0 Å². The Morgan fingerprint density at radius 2 is 1.88 bits per heavy atom. The van der Waals surface area contributed by atoms with Crippen molar-refractivity contribution < 1.29 is 27.4 Å². The molecule has 2 aromatic carbocycles. The van der Waals surface area contributed by atoms with Crippen molar-refractivity contribution in [3.05, 3.63) is 53.8 Å². The van der Waals surface area contributed by atoms with Crippen LogP contribution < -0.4 is 20.1 Å². The number of hydrogen-bond acceptors (Lipinski definition) is 3. The first-order chi connectivity index (χ1) is 12.0. The fourth-order valence-electron chi connectivity index (χ4n) is 2.06. The van der Waals surface area contributed by atoms with Crippen molar-refractivity contribution >= 4 is 11.7 Å². The molecule has 0 heterocycles. The number of urea groups is 1. The maximum Gasteiger partial charge on any atom is 0.387 e. The Labute approximate surface area is 142 Å². The van der Waals surface area contributed by atoms with E-state index in [0.29, 0.717) is 13.0 Å². The van der Waals surface area contributed by atoms with Crippen molar-refractivity contribution in [2.24, 2.45) is 0 Å². The van der Waals surface area contributed by atoms with Gasteiger partial charge in [-0.05, 0) is 36.2 Å². The van der Waals surface area contributed by atoms with Crippen molar-refractivity contribution in [1.29, 1.82) is 0 Å². The predicted octanol–water partition coefficient (Wildman–Crippen LogP) is 3.80. The molecule has 2 amide bonds. The van der Waals surface area contributed by atoms with Gasteiger partial charge in [0.25, 0.3) is 0 Å². The summed E-state index contributed by atoms with van der Waals surface area (Å²) < 4.78 is 46.7. The fraction of sp³-hybridized carbons (Fsp3) is 0.235. The second-order valence-electron chi connectivity index (χ2n) is 5.00. The van der Waals surface area contributed by atoms with Crippen molar-refractivity contribution in [2.75, 3.05) is 19.0 Å².